The molecule has 0 radical (unpaired) electrons. The molecule has 2 aromatic rings. The Morgan fingerprint density at radius 2 is 1.81 bits per heavy atom. The standard InChI is InChI=1S/C18H15ClF4N2O/c1-2-17(11-6-4-3-5-7-11)14-13(9-8-12(19)15(14)20)24-16(26)25(17)10-18(21,22)23/h3-9H,2,10H2,1H3,(H,24,26). The van der Waals surface area contributed by atoms with Gasteiger partial charge in [-0.15, -0.1) is 0 Å². The van der Waals surface area contributed by atoms with Gasteiger partial charge in [-0.05, 0) is 24.1 Å². The number of amides is 2. The minimum absolute atomic E-state index is 0.0325. The first-order valence-corrected chi connectivity index (χ1v) is 8.28. The smallest absolute Gasteiger partial charge is 0.307 e. The molecule has 2 amide bonds. The van der Waals surface area contributed by atoms with Crippen LogP contribution in [0.1, 0.15) is 24.5 Å². The van der Waals surface area contributed by atoms with Crippen LogP contribution in [0.5, 0.6) is 0 Å². The number of fused-ring (bicyclic) bond motifs is 1. The molecule has 1 N–H and O–H groups in total. The second kappa shape index (κ2) is 6.46. The summed E-state index contributed by atoms with van der Waals surface area (Å²) in [5, 5.41) is 2.13. The average Bonchev–Trinajstić information content (AvgIpc) is 2.59. The predicted octanol–water partition coefficient (Wildman–Crippen LogP) is 5.54. The highest BCUT2D eigenvalue weighted by molar-refractivity contribution is 6.31. The van der Waals surface area contributed by atoms with E-state index in [1.165, 1.54) is 12.1 Å². The Morgan fingerprint density at radius 3 is 2.38 bits per heavy atom. The second-order valence-corrected chi connectivity index (χ2v) is 6.40. The molecule has 0 bridgehead atoms. The normalized spacial score (nSPS) is 19.9. The number of nitrogens with zero attached hydrogens (tertiary/aromatic N) is 1. The van der Waals surface area contributed by atoms with E-state index in [-0.39, 0.29) is 22.7 Å². The Hall–Kier alpha value is -2.28. The highest BCUT2D eigenvalue weighted by atomic mass is 35.5. The SMILES string of the molecule is CCC1(c2ccccc2)c2c(ccc(Cl)c2F)NC(=O)N1CC(F)(F)F. The van der Waals surface area contributed by atoms with Crippen LogP contribution in [0.3, 0.4) is 0 Å². The van der Waals surface area contributed by atoms with Crippen molar-refractivity contribution in [1.82, 2.24) is 4.90 Å². The van der Waals surface area contributed by atoms with Crippen LogP contribution in [0.15, 0.2) is 42.5 Å². The largest absolute Gasteiger partial charge is 0.406 e. The van der Waals surface area contributed by atoms with Gasteiger partial charge in [0.05, 0.1) is 10.7 Å². The average molecular weight is 387 g/mol. The highest BCUT2D eigenvalue weighted by Crippen LogP contribution is 2.48. The van der Waals surface area contributed by atoms with E-state index in [9.17, 15) is 22.4 Å². The number of halogens is 5. The molecule has 1 heterocycles. The first kappa shape index (κ1) is 18.5. The molecule has 0 aromatic heterocycles. The van der Waals surface area contributed by atoms with Gasteiger partial charge in [0.2, 0.25) is 0 Å². The van der Waals surface area contributed by atoms with Gasteiger partial charge in [-0.2, -0.15) is 13.2 Å². The van der Waals surface area contributed by atoms with Crippen molar-refractivity contribution in [2.24, 2.45) is 0 Å². The quantitative estimate of drug-likeness (QED) is 0.690. The molecule has 1 aliphatic heterocycles. The van der Waals surface area contributed by atoms with E-state index >= 15 is 0 Å². The summed E-state index contributed by atoms with van der Waals surface area (Å²) in [6.45, 7) is 0.0893. The van der Waals surface area contributed by atoms with Crippen molar-refractivity contribution >= 4 is 23.3 Å². The molecule has 138 valence electrons. The Balaban J connectivity index is 2.36. The van der Waals surface area contributed by atoms with Crippen LogP contribution in [0, 0.1) is 5.82 Å². The van der Waals surface area contributed by atoms with Crippen molar-refractivity contribution in [2.45, 2.75) is 25.1 Å². The minimum Gasteiger partial charge on any atom is -0.307 e. The number of urea groups is 1. The predicted molar refractivity (Wildman–Crippen MR) is 90.7 cm³/mol. The molecule has 3 nitrogen and oxygen atoms in total. The zero-order valence-corrected chi connectivity index (χ0v) is 14.5. The maximum absolute atomic E-state index is 15.0. The third-order valence-electron chi connectivity index (χ3n) is 4.56. The molecule has 0 saturated carbocycles. The van der Waals surface area contributed by atoms with Gasteiger partial charge in [0.15, 0.2) is 0 Å². The van der Waals surface area contributed by atoms with E-state index in [0.29, 0.717) is 10.5 Å². The van der Waals surface area contributed by atoms with E-state index in [1.54, 1.807) is 37.3 Å². The van der Waals surface area contributed by atoms with E-state index in [1.807, 2.05) is 0 Å². The number of benzene rings is 2. The zero-order chi connectivity index (χ0) is 19.1. The van der Waals surface area contributed by atoms with Crippen molar-refractivity contribution in [2.75, 3.05) is 11.9 Å². The van der Waals surface area contributed by atoms with Crippen molar-refractivity contribution in [3.05, 3.63) is 64.4 Å². The molecule has 0 spiro atoms. The monoisotopic (exact) mass is 386 g/mol. The van der Waals surface area contributed by atoms with Gasteiger partial charge in [-0.1, -0.05) is 48.9 Å². The zero-order valence-electron chi connectivity index (χ0n) is 13.7. The minimum atomic E-state index is -4.65. The summed E-state index contributed by atoms with van der Waals surface area (Å²) >= 11 is 5.91. The van der Waals surface area contributed by atoms with Gasteiger partial charge in [0, 0.05) is 5.56 Å². The third-order valence-corrected chi connectivity index (χ3v) is 4.85. The maximum Gasteiger partial charge on any atom is 0.406 e. The Kier molecular flexibility index (Phi) is 4.60. The van der Waals surface area contributed by atoms with Crippen LogP contribution in [-0.4, -0.2) is 23.7 Å². The van der Waals surface area contributed by atoms with Crippen LogP contribution in [0.25, 0.3) is 0 Å². The van der Waals surface area contributed by atoms with Crippen molar-refractivity contribution < 1.29 is 22.4 Å². The first-order valence-electron chi connectivity index (χ1n) is 7.90. The van der Waals surface area contributed by atoms with E-state index in [4.69, 9.17) is 11.6 Å². The first-order chi connectivity index (χ1) is 12.2. The van der Waals surface area contributed by atoms with E-state index in [2.05, 4.69) is 5.32 Å². The van der Waals surface area contributed by atoms with Crippen LogP contribution in [0.4, 0.5) is 28.0 Å². The summed E-state index contributed by atoms with van der Waals surface area (Å²) < 4.78 is 54.7. The molecule has 0 saturated heterocycles. The summed E-state index contributed by atoms with van der Waals surface area (Å²) in [6.07, 6.45) is -4.62. The van der Waals surface area contributed by atoms with Gasteiger partial charge >= 0.3 is 12.2 Å². The van der Waals surface area contributed by atoms with Gasteiger partial charge in [0.25, 0.3) is 0 Å². The fraction of sp³-hybridized carbons (Fsp3) is 0.278. The fourth-order valence-corrected chi connectivity index (χ4v) is 3.68. The van der Waals surface area contributed by atoms with Crippen molar-refractivity contribution in [3.63, 3.8) is 0 Å². The molecular formula is C18H15ClF4N2O. The molecule has 3 rings (SSSR count). The number of hydrogen-bond donors (Lipinski definition) is 1. The van der Waals surface area contributed by atoms with Crippen LogP contribution >= 0.6 is 11.6 Å². The number of hydrogen-bond acceptors (Lipinski definition) is 1. The summed E-state index contributed by atoms with van der Waals surface area (Å²) in [5.41, 5.74) is -1.21. The van der Waals surface area contributed by atoms with Crippen molar-refractivity contribution in [3.8, 4) is 0 Å². The molecule has 2 aromatic carbocycles. The fourth-order valence-electron chi connectivity index (χ4n) is 3.52. The summed E-state index contributed by atoms with van der Waals surface area (Å²) in [6, 6.07) is 9.84. The lowest BCUT2D eigenvalue weighted by Gasteiger charge is -2.48. The van der Waals surface area contributed by atoms with Crippen LogP contribution in [0.2, 0.25) is 5.02 Å². The highest BCUT2D eigenvalue weighted by Gasteiger charge is 2.51. The maximum atomic E-state index is 15.0. The van der Waals surface area contributed by atoms with Gasteiger partial charge < -0.3 is 10.2 Å². The molecule has 1 atom stereocenters. The van der Waals surface area contributed by atoms with Gasteiger partial charge in [0.1, 0.15) is 17.9 Å². The Labute approximate surface area is 152 Å². The molecule has 1 aliphatic rings. The number of rotatable bonds is 3. The molecule has 0 aliphatic carbocycles. The van der Waals surface area contributed by atoms with Crippen LogP contribution < -0.4 is 5.32 Å². The lowest BCUT2D eigenvalue weighted by molar-refractivity contribution is -0.149. The number of carbonyl (C=O) groups excluding carboxylic acids is 1. The molecular weight excluding hydrogens is 372 g/mol. The summed E-state index contributed by atoms with van der Waals surface area (Å²) in [7, 11) is 0. The number of nitrogens with one attached hydrogen (secondary N) is 1. The summed E-state index contributed by atoms with van der Waals surface area (Å²) in [4.78, 5) is 13.2. The summed E-state index contributed by atoms with van der Waals surface area (Å²) in [5.74, 6) is -0.845. The molecule has 26 heavy (non-hydrogen) atoms. The molecule has 8 heteroatoms. The van der Waals surface area contributed by atoms with E-state index < -0.39 is 30.1 Å². The topological polar surface area (TPSA) is 32.3 Å². The van der Waals surface area contributed by atoms with Gasteiger partial charge in [-0.25, -0.2) is 9.18 Å². The lowest BCUT2D eigenvalue weighted by atomic mass is 9.76. The lowest BCUT2D eigenvalue weighted by Crippen LogP contribution is -2.58. The van der Waals surface area contributed by atoms with Gasteiger partial charge in [-0.3, -0.25) is 0 Å². The molecule has 0 fully saturated rings. The van der Waals surface area contributed by atoms with E-state index in [0.717, 1.165) is 0 Å². The number of carbonyl (C=O) groups is 1. The Bertz CT molecular complexity index is 841. The number of alkyl halides is 3. The molecule has 1 unspecified atom stereocenters. The Morgan fingerprint density at radius 1 is 1.15 bits per heavy atom. The number of anilines is 1. The van der Waals surface area contributed by atoms with Crippen molar-refractivity contribution in [1.29, 1.82) is 0 Å². The van der Waals surface area contributed by atoms with Crippen LogP contribution in [-0.2, 0) is 5.54 Å². The third kappa shape index (κ3) is 2.90. The second-order valence-electron chi connectivity index (χ2n) is 6.00.